The number of ether oxygens (including phenoxy) is 1. The van der Waals surface area contributed by atoms with Crippen LogP contribution in [0.3, 0.4) is 0 Å². The molecule has 26 heavy (non-hydrogen) atoms. The van der Waals surface area contributed by atoms with Crippen molar-refractivity contribution >= 4 is 22.7 Å². The lowest BCUT2D eigenvalue weighted by molar-refractivity contribution is -0.137. The summed E-state index contributed by atoms with van der Waals surface area (Å²) >= 11 is 0. The summed E-state index contributed by atoms with van der Waals surface area (Å²) in [5.41, 5.74) is 0.753. The van der Waals surface area contributed by atoms with Crippen molar-refractivity contribution in [2.45, 2.75) is 24.5 Å². The Morgan fingerprint density at radius 3 is 3.15 bits per heavy atom. The molecule has 2 atom stereocenters. The second kappa shape index (κ2) is 6.39. The Morgan fingerprint density at radius 2 is 2.31 bits per heavy atom. The number of rotatable bonds is 4. The highest BCUT2D eigenvalue weighted by Gasteiger charge is 2.52. The van der Waals surface area contributed by atoms with E-state index < -0.39 is 5.60 Å². The summed E-state index contributed by atoms with van der Waals surface area (Å²) in [5, 5.41) is 12.6. The first-order valence-corrected chi connectivity index (χ1v) is 8.54. The van der Waals surface area contributed by atoms with Gasteiger partial charge in [0.25, 0.3) is 5.91 Å². The van der Waals surface area contributed by atoms with Gasteiger partial charge in [-0.1, -0.05) is 12.1 Å². The molecule has 132 valence electrons. The van der Waals surface area contributed by atoms with Crippen LogP contribution in [0.4, 0.5) is 0 Å². The number of carbonyl (C=O) groups is 2. The average Bonchev–Trinajstić information content (AvgIpc) is 3.25. The van der Waals surface area contributed by atoms with E-state index in [0.29, 0.717) is 31.7 Å². The Labute approximate surface area is 150 Å². The third kappa shape index (κ3) is 2.89. The van der Waals surface area contributed by atoms with E-state index in [1.165, 1.54) is 0 Å². The van der Waals surface area contributed by atoms with E-state index in [1.54, 1.807) is 23.2 Å². The van der Waals surface area contributed by atoms with Gasteiger partial charge in [0.2, 0.25) is 5.91 Å². The summed E-state index contributed by atoms with van der Waals surface area (Å²) < 4.78 is 5.85. The van der Waals surface area contributed by atoms with Crippen molar-refractivity contribution in [3.8, 4) is 6.07 Å². The summed E-state index contributed by atoms with van der Waals surface area (Å²) in [7, 11) is 0. The van der Waals surface area contributed by atoms with Crippen molar-refractivity contribution in [2.24, 2.45) is 0 Å². The van der Waals surface area contributed by atoms with Crippen LogP contribution in [-0.2, 0) is 9.53 Å². The number of carbonyl (C=O) groups excluding carboxylic acids is 2. The Kier molecular flexibility index (Phi) is 4.05. The van der Waals surface area contributed by atoms with Gasteiger partial charge in [-0.2, -0.15) is 5.26 Å². The van der Waals surface area contributed by atoms with Crippen LogP contribution < -0.4 is 5.32 Å². The number of amides is 2. The van der Waals surface area contributed by atoms with Crippen molar-refractivity contribution < 1.29 is 14.3 Å². The summed E-state index contributed by atoms with van der Waals surface area (Å²) in [6.45, 7) is 1.20. The quantitative estimate of drug-likeness (QED) is 0.895. The van der Waals surface area contributed by atoms with Gasteiger partial charge in [-0.05, 0) is 18.2 Å². The topological polar surface area (TPSA) is 95.3 Å². The molecule has 3 heterocycles. The number of hydrogen-bond acceptors (Lipinski definition) is 5. The predicted octanol–water partition coefficient (Wildman–Crippen LogP) is 1.25. The summed E-state index contributed by atoms with van der Waals surface area (Å²) in [6.07, 6.45) is 2.26. The number of nitrogens with one attached hydrogen (secondary N) is 1. The molecular weight excluding hydrogens is 332 g/mol. The van der Waals surface area contributed by atoms with Crippen LogP contribution in [-0.4, -0.2) is 53.0 Å². The molecule has 1 N–H and O–H groups in total. The van der Waals surface area contributed by atoms with Crippen molar-refractivity contribution in [3.63, 3.8) is 0 Å². The zero-order valence-electron chi connectivity index (χ0n) is 14.1. The first-order chi connectivity index (χ1) is 12.6. The molecule has 2 unspecified atom stereocenters. The fraction of sp³-hybridized carbons (Fsp3) is 0.368. The number of fused-ring (bicyclic) bond motifs is 3. The SMILES string of the molecule is N#CCC(=O)N1CC2(CNC(=O)c3ccc4cccnc4c3)CC1CO2. The largest absolute Gasteiger partial charge is 0.369 e. The summed E-state index contributed by atoms with van der Waals surface area (Å²) in [6, 6.07) is 11.1. The van der Waals surface area contributed by atoms with Crippen LogP contribution in [0.15, 0.2) is 36.5 Å². The van der Waals surface area contributed by atoms with Crippen molar-refractivity contribution in [2.75, 3.05) is 19.7 Å². The van der Waals surface area contributed by atoms with Crippen molar-refractivity contribution in [3.05, 3.63) is 42.1 Å². The average molecular weight is 350 g/mol. The van der Waals surface area contributed by atoms with Gasteiger partial charge in [-0.3, -0.25) is 14.6 Å². The van der Waals surface area contributed by atoms with Crippen LogP contribution in [0.1, 0.15) is 23.2 Å². The number of pyridine rings is 1. The van der Waals surface area contributed by atoms with E-state index in [-0.39, 0.29) is 24.3 Å². The fourth-order valence-electron chi connectivity index (χ4n) is 3.76. The van der Waals surface area contributed by atoms with Crippen molar-refractivity contribution in [1.29, 1.82) is 5.26 Å². The van der Waals surface area contributed by atoms with E-state index in [9.17, 15) is 9.59 Å². The molecule has 0 saturated carbocycles. The molecule has 2 saturated heterocycles. The molecule has 2 aliphatic rings. The van der Waals surface area contributed by atoms with Gasteiger partial charge in [0.05, 0.1) is 30.8 Å². The monoisotopic (exact) mass is 350 g/mol. The van der Waals surface area contributed by atoms with Gasteiger partial charge < -0.3 is 15.0 Å². The molecule has 2 fully saturated rings. The normalized spacial score (nSPS) is 23.8. The lowest BCUT2D eigenvalue weighted by atomic mass is 10.0. The highest BCUT2D eigenvalue weighted by atomic mass is 16.5. The number of nitrogens with zero attached hydrogens (tertiary/aromatic N) is 3. The number of nitriles is 1. The minimum atomic E-state index is -0.555. The number of likely N-dealkylation sites (tertiary alicyclic amines) is 1. The Hall–Kier alpha value is -2.98. The number of aromatic nitrogens is 1. The molecular formula is C19H18N4O3. The van der Waals surface area contributed by atoms with Crippen LogP contribution >= 0.6 is 0 Å². The first kappa shape index (κ1) is 16.5. The fourth-order valence-corrected chi connectivity index (χ4v) is 3.76. The maximum Gasteiger partial charge on any atom is 0.251 e. The van der Waals surface area contributed by atoms with Crippen LogP contribution in [0.2, 0.25) is 0 Å². The number of hydrogen-bond donors (Lipinski definition) is 1. The summed E-state index contributed by atoms with van der Waals surface area (Å²) in [5.74, 6) is -0.365. The minimum Gasteiger partial charge on any atom is -0.369 e. The zero-order chi connectivity index (χ0) is 18.1. The molecule has 1 aromatic carbocycles. The second-order valence-corrected chi connectivity index (χ2v) is 6.80. The van der Waals surface area contributed by atoms with Crippen LogP contribution in [0.5, 0.6) is 0 Å². The van der Waals surface area contributed by atoms with Gasteiger partial charge in [-0.15, -0.1) is 0 Å². The van der Waals surface area contributed by atoms with E-state index >= 15 is 0 Å². The maximum absolute atomic E-state index is 12.5. The third-order valence-corrected chi connectivity index (χ3v) is 5.08. The number of benzene rings is 1. The highest BCUT2D eigenvalue weighted by molar-refractivity contribution is 5.97. The first-order valence-electron chi connectivity index (χ1n) is 8.54. The predicted molar refractivity (Wildman–Crippen MR) is 93.1 cm³/mol. The smallest absolute Gasteiger partial charge is 0.251 e. The zero-order valence-corrected chi connectivity index (χ0v) is 14.1. The summed E-state index contributed by atoms with van der Waals surface area (Å²) in [4.78, 5) is 30.5. The second-order valence-electron chi connectivity index (χ2n) is 6.80. The Bertz CT molecular complexity index is 922. The highest BCUT2D eigenvalue weighted by Crippen LogP contribution is 2.37. The number of morpholine rings is 1. The maximum atomic E-state index is 12.5. The van der Waals surface area contributed by atoms with Gasteiger partial charge >= 0.3 is 0 Å². The van der Waals surface area contributed by atoms with Crippen LogP contribution in [0.25, 0.3) is 10.9 Å². The molecule has 4 rings (SSSR count). The molecule has 2 bridgehead atoms. The van der Waals surface area contributed by atoms with Gasteiger partial charge in [0.1, 0.15) is 12.0 Å². The molecule has 7 nitrogen and oxygen atoms in total. The Morgan fingerprint density at radius 1 is 1.42 bits per heavy atom. The molecule has 1 aromatic heterocycles. The molecule has 0 aliphatic carbocycles. The van der Waals surface area contributed by atoms with Crippen molar-refractivity contribution in [1.82, 2.24) is 15.2 Å². The standard InChI is InChI=1S/C19H18N4O3/c20-6-5-17(24)23-12-19(9-15(23)10-26-19)11-22-18(25)14-4-3-13-2-1-7-21-16(13)8-14/h1-4,7-8,15H,5,9-12H2,(H,22,25). The lowest BCUT2D eigenvalue weighted by Gasteiger charge is -2.32. The molecule has 2 amide bonds. The van der Waals surface area contributed by atoms with Gasteiger partial charge in [-0.25, -0.2) is 0 Å². The molecule has 2 aliphatic heterocycles. The van der Waals surface area contributed by atoms with Crippen LogP contribution in [0, 0.1) is 11.3 Å². The molecule has 0 spiro atoms. The van der Waals surface area contributed by atoms with E-state index in [4.69, 9.17) is 10.00 Å². The minimum absolute atomic E-state index is 0.00220. The molecule has 7 heteroatoms. The van der Waals surface area contributed by atoms with E-state index in [0.717, 1.165) is 10.9 Å². The van der Waals surface area contributed by atoms with E-state index in [1.807, 2.05) is 24.3 Å². The Balaban J connectivity index is 1.43. The van der Waals surface area contributed by atoms with E-state index in [2.05, 4.69) is 10.3 Å². The molecule has 2 aromatic rings. The van der Waals surface area contributed by atoms with Gasteiger partial charge in [0, 0.05) is 30.1 Å². The lowest BCUT2D eigenvalue weighted by Crippen LogP contribution is -2.50. The molecule has 0 radical (unpaired) electrons. The van der Waals surface area contributed by atoms with Gasteiger partial charge in [0.15, 0.2) is 0 Å². The third-order valence-electron chi connectivity index (χ3n) is 5.08.